The van der Waals surface area contributed by atoms with Crippen molar-refractivity contribution in [1.29, 1.82) is 0 Å². The molecule has 0 unspecified atom stereocenters. The number of rotatable bonds is 11. The number of ether oxygens (including phenoxy) is 2. The van der Waals surface area contributed by atoms with E-state index in [0.29, 0.717) is 35.9 Å². The Hall–Kier alpha value is -7.22. The second-order valence-corrected chi connectivity index (χ2v) is 14.9. The lowest BCUT2D eigenvalue weighted by Gasteiger charge is -2.28. The Labute approximate surface area is 347 Å². The van der Waals surface area contributed by atoms with E-state index in [2.05, 4.69) is 44.9 Å². The molecule has 0 saturated carbocycles. The first-order valence-electron chi connectivity index (χ1n) is 20.0. The minimum absolute atomic E-state index is 0.216. The summed E-state index contributed by atoms with van der Waals surface area (Å²) in [5.41, 5.74) is 7.03. The van der Waals surface area contributed by atoms with Crippen molar-refractivity contribution < 1.29 is 28.7 Å². The summed E-state index contributed by atoms with van der Waals surface area (Å²) in [7, 11) is 2.56. The van der Waals surface area contributed by atoms with Gasteiger partial charge in [0.25, 0.3) is 11.8 Å². The predicted octanol–water partition coefficient (Wildman–Crippen LogP) is 7.66. The van der Waals surface area contributed by atoms with Gasteiger partial charge in [0.1, 0.15) is 23.7 Å². The number of imidazole rings is 2. The smallest absolute Gasteiger partial charge is 0.407 e. The van der Waals surface area contributed by atoms with Crippen molar-refractivity contribution in [1.82, 2.24) is 40.4 Å². The molecular weight excluding hydrogens is 761 g/mol. The number of benzene rings is 4. The molecule has 0 aliphatic carbocycles. The molecule has 14 nitrogen and oxygen atoms in total. The topological polar surface area (TPSA) is 175 Å². The number of hydrogen-bond acceptors (Lipinski definition) is 8. The molecule has 4 aromatic carbocycles. The van der Waals surface area contributed by atoms with Gasteiger partial charge in [-0.05, 0) is 59.1 Å². The molecule has 8 rings (SSSR count). The fourth-order valence-electron chi connectivity index (χ4n) is 8.17. The first-order chi connectivity index (χ1) is 29.3. The summed E-state index contributed by atoms with van der Waals surface area (Å²) in [5, 5.41) is 5.42. The number of nitrogens with zero attached hydrogens (tertiary/aromatic N) is 4. The van der Waals surface area contributed by atoms with Gasteiger partial charge in [0.05, 0.1) is 50.1 Å². The van der Waals surface area contributed by atoms with Crippen molar-refractivity contribution in [3.05, 3.63) is 144 Å². The Kier molecular flexibility index (Phi) is 11.7. The monoisotopic (exact) mass is 806 g/mol. The first kappa shape index (κ1) is 39.6. The van der Waals surface area contributed by atoms with Crippen LogP contribution in [-0.2, 0) is 19.1 Å². The van der Waals surface area contributed by atoms with Gasteiger partial charge in [-0.15, -0.1) is 0 Å². The molecule has 2 aliphatic rings. The maximum atomic E-state index is 13.9. The summed E-state index contributed by atoms with van der Waals surface area (Å²) < 4.78 is 9.65. The molecule has 4 N–H and O–H groups in total. The zero-order valence-electron chi connectivity index (χ0n) is 33.3. The lowest BCUT2D eigenvalue weighted by molar-refractivity contribution is -0.135. The average Bonchev–Trinajstić information content (AvgIpc) is 4.15. The molecule has 306 valence electrons. The van der Waals surface area contributed by atoms with Gasteiger partial charge in [0, 0.05) is 13.1 Å². The van der Waals surface area contributed by atoms with Crippen molar-refractivity contribution >= 4 is 24.0 Å². The maximum Gasteiger partial charge on any atom is 0.407 e. The molecule has 2 fully saturated rings. The van der Waals surface area contributed by atoms with Crippen LogP contribution in [0.3, 0.4) is 0 Å². The Balaban J connectivity index is 0.928. The number of aromatic amines is 2. The van der Waals surface area contributed by atoms with E-state index < -0.39 is 24.3 Å². The molecule has 6 aromatic rings. The van der Waals surface area contributed by atoms with Gasteiger partial charge in [0.2, 0.25) is 0 Å². The average molecular weight is 807 g/mol. The summed E-state index contributed by atoms with van der Waals surface area (Å²) in [5.74, 6) is 0.959. The van der Waals surface area contributed by atoms with Gasteiger partial charge in [-0.2, -0.15) is 0 Å². The molecule has 0 spiro atoms. The molecule has 4 heterocycles. The molecule has 4 atom stereocenters. The normalized spacial score (nSPS) is 17.2. The van der Waals surface area contributed by atoms with Crippen LogP contribution in [-0.4, -0.2) is 81.0 Å². The van der Waals surface area contributed by atoms with E-state index in [4.69, 9.17) is 19.4 Å². The third-order valence-electron chi connectivity index (χ3n) is 11.3. The van der Waals surface area contributed by atoms with E-state index in [1.165, 1.54) is 14.2 Å². The van der Waals surface area contributed by atoms with Crippen LogP contribution in [0.1, 0.15) is 72.6 Å². The highest BCUT2D eigenvalue weighted by Gasteiger charge is 2.38. The van der Waals surface area contributed by atoms with Crippen molar-refractivity contribution in [2.24, 2.45) is 0 Å². The highest BCUT2D eigenvalue weighted by molar-refractivity contribution is 5.88. The van der Waals surface area contributed by atoms with Crippen molar-refractivity contribution in [3.8, 4) is 33.6 Å². The second kappa shape index (κ2) is 17.7. The molecule has 2 saturated heterocycles. The molecule has 60 heavy (non-hydrogen) atoms. The number of aromatic nitrogens is 4. The second-order valence-electron chi connectivity index (χ2n) is 14.9. The first-order valence-corrected chi connectivity index (χ1v) is 20.0. The number of nitrogens with one attached hydrogen (secondary N) is 4. The number of carbonyl (C=O) groups excluding carboxylic acids is 4. The number of hydrogen-bond donors (Lipinski definition) is 4. The van der Waals surface area contributed by atoms with Gasteiger partial charge in [-0.3, -0.25) is 9.59 Å². The standard InChI is InChI=1S/C46H46N8O6/c1-59-45(57)51-39(33-11-5-3-6-12-33)43(55)53-25-9-15-37(53)41-47-27-35(49-41)31-21-17-29(18-22-31)30-19-23-32(24-20-30)36-28-48-42(50-36)38-16-10-26-54(38)44(56)40(52-46(58)60-2)34-13-7-4-8-14-34/h3-8,11-14,17-24,27-28,37-40H,9-10,15-16,25-26H2,1-2H3,(H,47,49)(H,48,50)(H,51,57)(H,52,58)/t37-,38-,39-,40-/m0/s1. The number of carbonyl (C=O) groups is 4. The fraction of sp³-hybridized carbons (Fsp3) is 0.261. The lowest BCUT2D eigenvalue weighted by Crippen LogP contribution is -2.42. The molecule has 2 aromatic heterocycles. The lowest BCUT2D eigenvalue weighted by atomic mass is 10.0. The van der Waals surface area contributed by atoms with Gasteiger partial charge < -0.3 is 39.9 Å². The highest BCUT2D eigenvalue weighted by Crippen LogP contribution is 2.36. The molecule has 14 heteroatoms. The van der Waals surface area contributed by atoms with Gasteiger partial charge in [-0.25, -0.2) is 19.6 Å². The van der Waals surface area contributed by atoms with Crippen molar-refractivity contribution in [2.45, 2.75) is 49.9 Å². The third-order valence-corrected chi connectivity index (χ3v) is 11.3. The number of H-pyrrole nitrogens is 2. The Morgan fingerprint density at radius 3 is 1.30 bits per heavy atom. The summed E-state index contributed by atoms with van der Waals surface area (Å²) in [4.78, 5) is 72.1. The van der Waals surface area contributed by atoms with Crippen LogP contribution in [0.25, 0.3) is 33.6 Å². The van der Waals surface area contributed by atoms with E-state index in [1.54, 1.807) is 22.2 Å². The maximum absolute atomic E-state index is 13.9. The van der Waals surface area contributed by atoms with Crippen LogP contribution in [0.5, 0.6) is 0 Å². The fourth-order valence-corrected chi connectivity index (χ4v) is 8.17. The van der Waals surface area contributed by atoms with Crippen LogP contribution < -0.4 is 10.6 Å². The van der Waals surface area contributed by atoms with Gasteiger partial charge in [-0.1, -0.05) is 109 Å². The summed E-state index contributed by atoms with van der Waals surface area (Å²) in [6.07, 6.45) is 5.36. The number of methoxy groups -OCH3 is 2. The molecule has 2 aliphatic heterocycles. The zero-order valence-corrected chi connectivity index (χ0v) is 33.3. The Morgan fingerprint density at radius 1 is 0.567 bits per heavy atom. The van der Waals surface area contributed by atoms with Crippen LogP contribution in [0.2, 0.25) is 0 Å². The minimum Gasteiger partial charge on any atom is -0.453 e. The van der Waals surface area contributed by atoms with Gasteiger partial charge >= 0.3 is 12.2 Å². The third kappa shape index (κ3) is 8.35. The Bertz CT molecular complexity index is 2260. The number of amides is 4. The summed E-state index contributed by atoms with van der Waals surface area (Å²) in [6, 6.07) is 32.5. The number of alkyl carbamates (subject to hydrolysis) is 2. The number of likely N-dealkylation sites (tertiary alicyclic amines) is 2. The van der Waals surface area contributed by atoms with E-state index in [9.17, 15) is 19.2 Å². The van der Waals surface area contributed by atoms with E-state index in [1.807, 2.05) is 84.9 Å². The predicted molar refractivity (Wildman–Crippen MR) is 224 cm³/mol. The van der Waals surface area contributed by atoms with Crippen LogP contribution in [0.15, 0.2) is 122 Å². The Morgan fingerprint density at radius 2 is 0.933 bits per heavy atom. The van der Waals surface area contributed by atoms with E-state index in [0.717, 1.165) is 59.3 Å². The summed E-state index contributed by atoms with van der Waals surface area (Å²) in [6.45, 7) is 1.10. The van der Waals surface area contributed by atoms with E-state index in [-0.39, 0.29) is 23.9 Å². The van der Waals surface area contributed by atoms with E-state index >= 15 is 0 Å². The molecule has 0 bridgehead atoms. The SMILES string of the molecule is COC(=O)N[C@H](C(=O)N1CCC[C@H]1c1ncc(-c2ccc(-c3ccc(-c4cnc([C@@H]5CCCN5C(=O)[C@@H](NC(=O)OC)c5ccccc5)[nH]4)cc3)cc2)[nH]1)c1ccccc1. The van der Waals surface area contributed by atoms with Crippen LogP contribution >= 0.6 is 0 Å². The molecule has 0 radical (unpaired) electrons. The zero-order chi connectivity index (χ0) is 41.6. The van der Waals surface area contributed by atoms with Crippen LogP contribution in [0, 0.1) is 0 Å². The minimum atomic E-state index is -0.884. The quantitative estimate of drug-likeness (QED) is 0.103. The van der Waals surface area contributed by atoms with Gasteiger partial charge in [0.15, 0.2) is 0 Å². The molecular formula is C46H46N8O6. The highest BCUT2D eigenvalue weighted by atomic mass is 16.5. The van der Waals surface area contributed by atoms with Crippen molar-refractivity contribution in [3.63, 3.8) is 0 Å². The molecule has 4 amide bonds. The largest absolute Gasteiger partial charge is 0.453 e. The van der Waals surface area contributed by atoms with Crippen LogP contribution in [0.4, 0.5) is 9.59 Å². The summed E-state index contributed by atoms with van der Waals surface area (Å²) >= 11 is 0. The van der Waals surface area contributed by atoms with Crippen molar-refractivity contribution in [2.75, 3.05) is 27.3 Å².